The molecule has 1 saturated heterocycles. The zero-order valence-corrected chi connectivity index (χ0v) is 12.8. The molecular weight excluding hydrogens is 276 g/mol. The molecule has 0 bridgehead atoms. The van der Waals surface area contributed by atoms with Crippen molar-refractivity contribution in [1.82, 2.24) is 9.80 Å². The molecule has 20 heavy (non-hydrogen) atoms. The van der Waals surface area contributed by atoms with Gasteiger partial charge in [-0.15, -0.1) is 11.6 Å². The summed E-state index contributed by atoms with van der Waals surface area (Å²) in [6.45, 7) is 5.79. The summed E-state index contributed by atoms with van der Waals surface area (Å²) in [5.41, 5.74) is 1.10. The molecule has 110 valence electrons. The number of alkyl halides is 1. The number of amides is 1. The number of carbonyl (C=O) groups excluding carboxylic acids is 1. The normalized spacial score (nSPS) is 17.9. The van der Waals surface area contributed by atoms with Crippen molar-refractivity contribution in [2.45, 2.75) is 12.3 Å². The van der Waals surface area contributed by atoms with Gasteiger partial charge in [0, 0.05) is 39.6 Å². The number of methoxy groups -OCH3 is 1. The lowest BCUT2D eigenvalue weighted by Crippen LogP contribution is -2.48. The minimum absolute atomic E-state index is 0.0372. The summed E-state index contributed by atoms with van der Waals surface area (Å²) in [7, 11) is 1.65. The quantitative estimate of drug-likeness (QED) is 0.798. The number of halogens is 1. The van der Waals surface area contributed by atoms with Gasteiger partial charge in [0.15, 0.2) is 0 Å². The van der Waals surface area contributed by atoms with E-state index in [1.165, 1.54) is 0 Å². The first kappa shape index (κ1) is 15.1. The molecule has 1 aliphatic heterocycles. The van der Waals surface area contributed by atoms with Crippen molar-refractivity contribution in [1.29, 1.82) is 0 Å². The first-order valence-corrected chi connectivity index (χ1v) is 7.29. The Bertz CT molecular complexity index is 442. The summed E-state index contributed by atoms with van der Waals surface area (Å²) in [4.78, 5) is 15.5. The summed E-state index contributed by atoms with van der Waals surface area (Å²) in [6.07, 6.45) is 0. The van der Waals surface area contributed by atoms with Crippen molar-refractivity contribution in [3.8, 4) is 5.75 Å². The van der Waals surface area contributed by atoms with Gasteiger partial charge in [0.1, 0.15) is 5.75 Å². The van der Waals surface area contributed by atoms with E-state index in [4.69, 9.17) is 16.3 Å². The minimum Gasteiger partial charge on any atom is -0.497 e. The molecule has 2 rings (SSSR count). The van der Waals surface area contributed by atoms with Crippen molar-refractivity contribution >= 4 is 17.5 Å². The maximum absolute atomic E-state index is 11.3. The van der Waals surface area contributed by atoms with Crippen LogP contribution in [0.4, 0.5) is 0 Å². The zero-order valence-electron chi connectivity index (χ0n) is 12.0. The van der Waals surface area contributed by atoms with E-state index in [-0.39, 0.29) is 11.3 Å². The predicted molar refractivity (Wildman–Crippen MR) is 80.3 cm³/mol. The summed E-state index contributed by atoms with van der Waals surface area (Å²) in [5.74, 6) is 0.995. The first-order valence-electron chi connectivity index (χ1n) is 6.86. The summed E-state index contributed by atoms with van der Waals surface area (Å²) in [6, 6.07) is 7.86. The van der Waals surface area contributed by atoms with Gasteiger partial charge in [0.25, 0.3) is 0 Å². The number of hydrogen-bond donors (Lipinski definition) is 0. The van der Waals surface area contributed by atoms with Gasteiger partial charge in [0.05, 0.1) is 12.5 Å². The molecule has 4 nitrogen and oxygen atoms in total. The third-order valence-corrected chi connectivity index (χ3v) is 4.10. The molecule has 0 radical (unpaired) electrons. The molecule has 1 amide bonds. The second-order valence-electron chi connectivity index (χ2n) is 5.05. The van der Waals surface area contributed by atoms with E-state index in [9.17, 15) is 4.79 Å². The van der Waals surface area contributed by atoms with Crippen LogP contribution >= 0.6 is 11.6 Å². The Morgan fingerprint density at radius 1 is 1.25 bits per heavy atom. The summed E-state index contributed by atoms with van der Waals surface area (Å²) in [5, 5.41) is -0.0372. The third-order valence-electron chi connectivity index (χ3n) is 3.71. The van der Waals surface area contributed by atoms with Gasteiger partial charge < -0.3 is 9.64 Å². The van der Waals surface area contributed by atoms with Crippen LogP contribution in [-0.2, 0) is 4.79 Å². The van der Waals surface area contributed by atoms with Crippen LogP contribution < -0.4 is 4.74 Å². The fraction of sp³-hybridized carbons (Fsp3) is 0.533. The van der Waals surface area contributed by atoms with Crippen LogP contribution in [-0.4, -0.2) is 55.5 Å². The van der Waals surface area contributed by atoms with Crippen molar-refractivity contribution in [3.05, 3.63) is 29.8 Å². The molecule has 1 fully saturated rings. The topological polar surface area (TPSA) is 32.8 Å². The molecule has 1 aromatic carbocycles. The van der Waals surface area contributed by atoms with Gasteiger partial charge in [0.2, 0.25) is 5.91 Å². The molecule has 0 aromatic heterocycles. The van der Waals surface area contributed by atoms with Gasteiger partial charge >= 0.3 is 0 Å². The van der Waals surface area contributed by atoms with E-state index in [1.807, 2.05) is 29.2 Å². The van der Waals surface area contributed by atoms with Gasteiger partial charge in [-0.25, -0.2) is 0 Å². The molecule has 1 heterocycles. The van der Waals surface area contributed by atoms with Crippen LogP contribution in [0.1, 0.15) is 17.9 Å². The van der Waals surface area contributed by atoms with E-state index in [0.717, 1.165) is 44.0 Å². The van der Waals surface area contributed by atoms with Crippen LogP contribution in [0, 0.1) is 0 Å². The van der Waals surface area contributed by atoms with Crippen LogP contribution in [0.3, 0.4) is 0 Å². The highest BCUT2D eigenvalue weighted by Crippen LogP contribution is 2.24. The second-order valence-corrected chi connectivity index (χ2v) is 5.57. The highest BCUT2D eigenvalue weighted by molar-refractivity contribution is 6.21. The number of hydrogen-bond acceptors (Lipinski definition) is 3. The standard InChI is InChI=1S/C15H21ClN2O2/c1-12(19)18-9-7-17(8-10-18)11-15(16)13-3-5-14(20-2)6-4-13/h3-6,15H,7-11H2,1-2H3. The van der Waals surface area contributed by atoms with Crippen molar-refractivity contribution in [3.63, 3.8) is 0 Å². The number of benzene rings is 1. The Labute approximate surface area is 125 Å². The Morgan fingerprint density at radius 2 is 1.85 bits per heavy atom. The van der Waals surface area contributed by atoms with E-state index in [1.54, 1.807) is 14.0 Å². The van der Waals surface area contributed by atoms with E-state index in [2.05, 4.69) is 4.90 Å². The number of carbonyl (C=O) groups is 1. The average Bonchev–Trinajstić information content (AvgIpc) is 2.48. The molecule has 1 unspecified atom stereocenters. The molecule has 0 spiro atoms. The molecule has 0 aliphatic carbocycles. The SMILES string of the molecule is COc1ccc(C(Cl)CN2CCN(C(C)=O)CC2)cc1. The van der Waals surface area contributed by atoms with Crippen LogP contribution in [0.5, 0.6) is 5.75 Å². The number of piperazine rings is 1. The summed E-state index contributed by atoms with van der Waals surface area (Å²) >= 11 is 6.47. The number of ether oxygens (including phenoxy) is 1. The minimum atomic E-state index is -0.0372. The monoisotopic (exact) mass is 296 g/mol. The van der Waals surface area contributed by atoms with Gasteiger partial charge in [-0.2, -0.15) is 0 Å². The number of rotatable bonds is 4. The zero-order chi connectivity index (χ0) is 14.5. The molecular formula is C15H21ClN2O2. The first-order chi connectivity index (χ1) is 9.60. The third kappa shape index (κ3) is 3.87. The molecule has 1 atom stereocenters. The van der Waals surface area contributed by atoms with Gasteiger partial charge in [-0.05, 0) is 17.7 Å². The predicted octanol–water partition coefficient (Wildman–Crippen LogP) is 2.14. The van der Waals surface area contributed by atoms with Gasteiger partial charge in [-0.1, -0.05) is 12.1 Å². The van der Waals surface area contributed by atoms with E-state index < -0.39 is 0 Å². The fourth-order valence-corrected chi connectivity index (χ4v) is 2.73. The second kappa shape index (κ2) is 6.95. The Hall–Kier alpha value is -1.26. The van der Waals surface area contributed by atoms with Crippen LogP contribution in [0.2, 0.25) is 0 Å². The van der Waals surface area contributed by atoms with E-state index in [0.29, 0.717) is 0 Å². The fourth-order valence-electron chi connectivity index (χ4n) is 2.39. The Morgan fingerprint density at radius 3 is 2.35 bits per heavy atom. The highest BCUT2D eigenvalue weighted by atomic mass is 35.5. The molecule has 0 N–H and O–H groups in total. The lowest BCUT2D eigenvalue weighted by molar-refractivity contribution is -0.130. The van der Waals surface area contributed by atoms with Crippen molar-refractivity contribution in [2.75, 3.05) is 39.8 Å². The molecule has 5 heteroatoms. The Kier molecular flexibility index (Phi) is 5.26. The van der Waals surface area contributed by atoms with Gasteiger partial charge in [-0.3, -0.25) is 9.69 Å². The van der Waals surface area contributed by atoms with Crippen LogP contribution in [0.15, 0.2) is 24.3 Å². The maximum Gasteiger partial charge on any atom is 0.219 e. The highest BCUT2D eigenvalue weighted by Gasteiger charge is 2.21. The average molecular weight is 297 g/mol. The largest absolute Gasteiger partial charge is 0.497 e. The Balaban J connectivity index is 1.85. The molecule has 0 saturated carbocycles. The smallest absolute Gasteiger partial charge is 0.219 e. The maximum atomic E-state index is 11.3. The van der Waals surface area contributed by atoms with Crippen molar-refractivity contribution < 1.29 is 9.53 Å². The lowest BCUT2D eigenvalue weighted by atomic mass is 10.1. The summed E-state index contributed by atoms with van der Waals surface area (Å²) < 4.78 is 5.14. The van der Waals surface area contributed by atoms with Crippen LogP contribution in [0.25, 0.3) is 0 Å². The lowest BCUT2D eigenvalue weighted by Gasteiger charge is -2.35. The van der Waals surface area contributed by atoms with Crippen molar-refractivity contribution in [2.24, 2.45) is 0 Å². The molecule has 1 aliphatic rings. The van der Waals surface area contributed by atoms with E-state index >= 15 is 0 Å². The molecule has 1 aromatic rings. The number of nitrogens with zero attached hydrogens (tertiary/aromatic N) is 2.